The number of aliphatic hydroxyl groups excluding tert-OH is 1. The molecule has 0 aliphatic carbocycles. The van der Waals surface area contributed by atoms with E-state index >= 15 is 0 Å². The molecular formula is C8H14N4O5S. The van der Waals surface area contributed by atoms with E-state index in [0.717, 1.165) is 6.20 Å². The molecule has 0 bridgehead atoms. The maximum Gasteiger partial charge on any atom is 0.342 e. The van der Waals surface area contributed by atoms with E-state index in [2.05, 4.69) is 9.71 Å². The molecule has 0 amide bonds. The van der Waals surface area contributed by atoms with E-state index in [9.17, 15) is 18.5 Å². The van der Waals surface area contributed by atoms with Crippen molar-refractivity contribution in [3.63, 3.8) is 0 Å². The molecule has 0 radical (unpaired) electrons. The zero-order valence-corrected chi connectivity index (χ0v) is 10.6. The van der Waals surface area contributed by atoms with E-state index in [4.69, 9.17) is 5.11 Å². The predicted octanol–water partition coefficient (Wildman–Crippen LogP) is -0.989. The first-order chi connectivity index (χ1) is 8.37. The first-order valence-electron chi connectivity index (χ1n) is 5.12. The lowest BCUT2D eigenvalue weighted by Gasteiger charge is -2.05. The van der Waals surface area contributed by atoms with Crippen molar-refractivity contribution in [3.05, 3.63) is 22.1 Å². The van der Waals surface area contributed by atoms with E-state index in [0.29, 0.717) is 5.82 Å². The van der Waals surface area contributed by atoms with Crippen molar-refractivity contribution in [3.8, 4) is 0 Å². The fraction of sp³-hybridized carbons (Fsp3) is 0.625. The van der Waals surface area contributed by atoms with Gasteiger partial charge in [0, 0.05) is 13.5 Å². The molecule has 0 aliphatic rings. The number of nitrogens with zero attached hydrogens (tertiary/aromatic N) is 3. The van der Waals surface area contributed by atoms with E-state index < -0.39 is 14.9 Å². The van der Waals surface area contributed by atoms with Gasteiger partial charge >= 0.3 is 5.82 Å². The number of rotatable bonds is 7. The van der Waals surface area contributed by atoms with Gasteiger partial charge in [0.2, 0.25) is 10.0 Å². The molecule has 0 aliphatic heterocycles. The lowest BCUT2D eigenvalue weighted by molar-refractivity contribution is -0.392. The first kappa shape index (κ1) is 14.5. The number of aliphatic hydroxyl groups is 1. The highest BCUT2D eigenvalue weighted by atomic mass is 32.2. The van der Waals surface area contributed by atoms with Gasteiger partial charge in [0.1, 0.15) is 18.5 Å². The van der Waals surface area contributed by atoms with E-state index in [-0.39, 0.29) is 31.3 Å². The largest absolute Gasteiger partial charge is 0.395 e. The Morgan fingerprint density at radius 3 is 2.83 bits per heavy atom. The molecular weight excluding hydrogens is 264 g/mol. The number of hydrogen-bond acceptors (Lipinski definition) is 6. The van der Waals surface area contributed by atoms with Crippen molar-refractivity contribution in [2.75, 3.05) is 18.9 Å². The second-order valence-corrected chi connectivity index (χ2v) is 5.44. The third kappa shape index (κ3) is 3.75. The molecule has 0 saturated heterocycles. The molecule has 1 aromatic heterocycles. The maximum absolute atomic E-state index is 11.5. The van der Waals surface area contributed by atoms with Crippen LogP contribution < -0.4 is 4.72 Å². The highest BCUT2D eigenvalue weighted by molar-refractivity contribution is 7.89. The normalized spacial score (nSPS) is 11.7. The van der Waals surface area contributed by atoms with Gasteiger partial charge in [-0.15, -0.1) is 0 Å². The minimum Gasteiger partial charge on any atom is -0.395 e. The standard InChI is InChI=1S/C8H14N4O5S/c1-7-9-6-8(12(14)15)11(7)3-5-18(16,17)10-2-4-13/h6,10,13H,2-5H2,1H3. The van der Waals surface area contributed by atoms with Gasteiger partial charge in [0.25, 0.3) is 0 Å². The van der Waals surface area contributed by atoms with Crippen molar-refractivity contribution < 1.29 is 18.4 Å². The summed E-state index contributed by atoms with van der Waals surface area (Å²) in [4.78, 5) is 13.8. The first-order valence-corrected chi connectivity index (χ1v) is 6.77. The van der Waals surface area contributed by atoms with E-state index in [1.165, 1.54) is 4.57 Å². The summed E-state index contributed by atoms with van der Waals surface area (Å²) in [5, 5.41) is 19.2. The summed E-state index contributed by atoms with van der Waals surface area (Å²) in [6.45, 7) is 1.11. The summed E-state index contributed by atoms with van der Waals surface area (Å²) in [5.74, 6) is -0.186. The summed E-state index contributed by atoms with van der Waals surface area (Å²) < 4.78 is 26.3. The van der Waals surface area contributed by atoms with Gasteiger partial charge in [-0.3, -0.25) is 0 Å². The molecule has 102 valence electrons. The zero-order valence-electron chi connectivity index (χ0n) is 9.74. The number of sulfonamides is 1. The summed E-state index contributed by atoms with van der Waals surface area (Å²) >= 11 is 0. The second kappa shape index (κ2) is 5.89. The number of hydrogen-bond donors (Lipinski definition) is 2. The minimum atomic E-state index is -3.56. The smallest absolute Gasteiger partial charge is 0.342 e. The Kier molecular flexibility index (Phi) is 4.76. The molecule has 9 nitrogen and oxygen atoms in total. The van der Waals surface area contributed by atoms with Crippen LogP contribution in [0, 0.1) is 17.0 Å². The SMILES string of the molecule is Cc1ncc([N+](=O)[O-])n1CCS(=O)(=O)NCCO. The van der Waals surface area contributed by atoms with Gasteiger partial charge in [-0.25, -0.2) is 22.7 Å². The van der Waals surface area contributed by atoms with Gasteiger partial charge in [-0.05, 0) is 4.92 Å². The molecule has 0 atom stereocenters. The van der Waals surface area contributed by atoms with Crippen LogP contribution in [0.25, 0.3) is 0 Å². The number of aromatic nitrogens is 2. The van der Waals surface area contributed by atoms with Crippen molar-refractivity contribution >= 4 is 15.8 Å². The molecule has 0 unspecified atom stereocenters. The lowest BCUT2D eigenvalue weighted by Crippen LogP contribution is -2.30. The number of nitro groups is 1. The predicted molar refractivity (Wildman–Crippen MR) is 62.5 cm³/mol. The zero-order chi connectivity index (χ0) is 13.8. The summed E-state index contributed by atoms with van der Waals surface area (Å²) in [7, 11) is -3.56. The van der Waals surface area contributed by atoms with Crippen LogP contribution in [0.1, 0.15) is 5.82 Å². The quantitative estimate of drug-likeness (QED) is 0.487. The fourth-order valence-electron chi connectivity index (χ4n) is 1.36. The van der Waals surface area contributed by atoms with Gasteiger partial charge in [0.15, 0.2) is 5.82 Å². The third-order valence-corrected chi connectivity index (χ3v) is 3.60. The molecule has 1 rings (SSSR count). The average Bonchev–Trinajstić information content (AvgIpc) is 2.66. The highest BCUT2D eigenvalue weighted by Crippen LogP contribution is 2.13. The average molecular weight is 278 g/mol. The number of imidazole rings is 1. The van der Waals surface area contributed by atoms with Gasteiger partial charge in [-0.1, -0.05) is 0 Å². The Bertz CT molecular complexity index is 524. The van der Waals surface area contributed by atoms with Crippen molar-refractivity contribution in [2.45, 2.75) is 13.5 Å². The third-order valence-electron chi connectivity index (χ3n) is 2.24. The van der Waals surface area contributed by atoms with Crippen LogP contribution in [-0.4, -0.2) is 46.9 Å². The van der Waals surface area contributed by atoms with Crippen LogP contribution in [0.4, 0.5) is 5.82 Å². The Morgan fingerprint density at radius 2 is 2.28 bits per heavy atom. The minimum absolute atomic E-state index is 0.0666. The summed E-state index contributed by atoms with van der Waals surface area (Å²) in [6, 6.07) is 0. The number of aryl methyl sites for hydroxylation is 1. The molecule has 0 aromatic carbocycles. The lowest BCUT2D eigenvalue weighted by atomic mass is 10.6. The number of nitrogens with one attached hydrogen (secondary N) is 1. The van der Waals surface area contributed by atoms with Crippen LogP contribution in [0.15, 0.2) is 6.20 Å². The Balaban J connectivity index is 2.74. The van der Waals surface area contributed by atoms with Gasteiger partial charge < -0.3 is 15.2 Å². The maximum atomic E-state index is 11.5. The Morgan fingerprint density at radius 1 is 1.61 bits per heavy atom. The van der Waals surface area contributed by atoms with Crippen LogP contribution in [0.2, 0.25) is 0 Å². The molecule has 0 fully saturated rings. The topological polar surface area (TPSA) is 127 Å². The van der Waals surface area contributed by atoms with Crippen molar-refractivity contribution in [1.82, 2.24) is 14.3 Å². The Hall–Kier alpha value is -1.52. The van der Waals surface area contributed by atoms with E-state index in [1.807, 2.05) is 0 Å². The van der Waals surface area contributed by atoms with Crippen LogP contribution in [0.5, 0.6) is 0 Å². The molecule has 10 heteroatoms. The van der Waals surface area contributed by atoms with Crippen LogP contribution in [0.3, 0.4) is 0 Å². The van der Waals surface area contributed by atoms with Crippen molar-refractivity contribution in [1.29, 1.82) is 0 Å². The summed E-state index contributed by atoms with van der Waals surface area (Å²) in [5.41, 5.74) is 0. The molecule has 18 heavy (non-hydrogen) atoms. The van der Waals surface area contributed by atoms with Gasteiger partial charge in [-0.2, -0.15) is 0 Å². The fourth-order valence-corrected chi connectivity index (χ4v) is 2.33. The van der Waals surface area contributed by atoms with Crippen LogP contribution in [-0.2, 0) is 16.6 Å². The monoisotopic (exact) mass is 278 g/mol. The van der Waals surface area contributed by atoms with Crippen LogP contribution >= 0.6 is 0 Å². The summed E-state index contributed by atoms with van der Waals surface area (Å²) in [6.07, 6.45) is 1.09. The van der Waals surface area contributed by atoms with Crippen molar-refractivity contribution in [2.24, 2.45) is 0 Å². The molecule has 2 N–H and O–H groups in total. The molecule has 0 saturated carbocycles. The second-order valence-electron chi connectivity index (χ2n) is 3.51. The molecule has 1 heterocycles. The Labute approximate surface area is 104 Å². The molecule has 0 spiro atoms. The van der Waals surface area contributed by atoms with Gasteiger partial charge in [0.05, 0.1) is 6.61 Å². The highest BCUT2D eigenvalue weighted by Gasteiger charge is 2.20. The van der Waals surface area contributed by atoms with E-state index in [1.54, 1.807) is 6.92 Å². The molecule has 1 aromatic rings.